The van der Waals surface area contributed by atoms with Crippen LogP contribution in [0.25, 0.3) is 0 Å². The monoisotopic (exact) mass is 416 g/mol. The molecule has 1 aromatic heterocycles. The summed E-state index contributed by atoms with van der Waals surface area (Å²) in [6, 6.07) is 8.20. The molecule has 0 saturated carbocycles. The van der Waals surface area contributed by atoms with Gasteiger partial charge >= 0.3 is 0 Å². The van der Waals surface area contributed by atoms with Crippen molar-refractivity contribution in [3.05, 3.63) is 53.9 Å². The first-order valence-electron chi connectivity index (χ1n) is 9.37. The number of rotatable bonds is 6. The summed E-state index contributed by atoms with van der Waals surface area (Å²) in [7, 11) is -2.18. The molecule has 1 aromatic carbocycles. The second-order valence-corrected chi connectivity index (χ2v) is 9.00. The summed E-state index contributed by atoms with van der Waals surface area (Å²) in [6.07, 6.45) is 3.21. The minimum Gasteiger partial charge on any atom is -0.369 e. The largest absolute Gasteiger partial charge is 0.369 e. The Balaban J connectivity index is 1.85. The fraction of sp³-hybridized carbons (Fsp3) is 0.350. The van der Waals surface area contributed by atoms with Gasteiger partial charge in [-0.3, -0.25) is 14.6 Å². The molecule has 0 spiro atoms. The van der Waals surface area contributed by atoms with E-state index in [-0.39, 0.29) is 29.7 Å². The number of aromatic nitrogens is 1. The number of amides is 2. The van der Waals surface area contributed by atoms with Crippen molar-refractivity contribution in [3.8, 4) is 0 Å². The molecule has 0 bridgehead atoms. The standard InChI is InChI=1S/C20H24N4O4S/c1-3-24-13-16(11-19(25)21-2)29(27,28)18-5-4-15(10-17(18)24)20(26)23-12-14-6-8-22-9-7-14/h4-10,16H,3,11-13H2,1-2H3,(H,21,25)(H,23,26). The molecule has 0 saturated heterocycles. The first-order chi connectivity index (χ1) is 13.9. The number of hydrogen-bond acceptors (Lipinski definition) is 6. The van der Waals surface area contributed by atoms with Crippen molar-refractivity contribution in [1.82, 2.24) is 15.6 Å². The van der Waals surface area contributed by atoms with Crippen molar-refractivity contribution in [2.75, 3.05) is 25.0 Å². The van der Waals surface area contributed by atoms with Crippen molar-refractivity contribution in [3.63, 3.8) is 0 Å². The average molecular weight is 417 g/mol. The van der Waals surface area contributed by atoms with Crippen molar-refractivity contribution in [2.24, 2.45) is 0 Å². The Morgan fingerprint density at radius 1 is 1.21 bits per heavy atom. The maximum Gasteiger partial charge on any atom is 0.251 e. The summed E-state index contributed by atoms with van der Waals surface area (Å²) in [4.78, 5) is 30.3. The summed E-state index contributed by atoms with van der Waals surface area (Å²) in [5.41, 5.74) is 1.80. The number of pyridine rings is 1. The Labute approximate surface area is 170 Å². The first-order valence-corrected chi connectivity index (χ1v) is 10.9. The third kappa shape index (κ3) is 4.40. The summed E-state index contributed by atoms with van der Waals surface area (Å²) in [6.45, 7) is 3.04. The maximum absolute atomic E-state index is 13.0. The van der Waals surface area contributed by atoms with Crippen LogP contribution in [-0.2, 0) is 21.2 Å². The highest BCUT2D eigenvalue weighted by atomic mass is 32.2. The van der Waals surface area contributed by atoms with Gasteiger partial charge in [0.25, 0.3) is 5.91 Å². The van der Waals surface area contributed by atoms with Crippen LogP contribution in [0.3, 0.4) is 0 Å². The maximum atomic E-state index is 13.0. The molecule has 0 fully saturated rings. The minimum absolute atomic E-state index is 0.0943. The van der Waals surface area contributed by atoms with Crippen LogP contribution in [0.1, 0.15) is 29.3 Å². The van der Waals surface area contributed by atoms with Crippen LogP contribution in [-0.4, -0.2) is 50.6 Å². The molecule has 2 heterocycles. The zero-order valence-electron chi connectivity index (χ0n) is 16.4. The van der Waals surface area contributed by atoms with Gasteiger partial charge in [0, 0.05) is 51.1 Å². The van der Waals surface area contributed by atoms with E-state index < -0.39 is 15.1 Å². The molecule has 1 unspecified atom stereocenters. The van der Waals surface area contributed by atoms with E-state index >= 15 is 0 Å². The predicted molar refractivity (Wildman–Crippen MR) is 109 cm³/mol. The number of fused-ring (bicyclic) bond motifs is 1. The van der Waals surface area contributed by atoms with Gasteiger partial charge in [-0.25, -0.2) is 8.42 Å². The average Bonchev–Trinajstić information content (AvgIpc) is 2.74. The van der Waals surface area contributed by atoms with E-state index in [1.54, 1.807) is 18.5 Å². The predicted octanol–water partition coefficient (Wildman–Crippen LogP) is 1.13. The Morgan fingerprint density at radius 3 is 2.59 bits per heavy atom. The van der Waals surface area contributed by atoms with Crippen LogP contribution in [0.4, 0.5) is 5.69 Å². The fourth-order valence-corrected chi connectivity index (χ4v) is 5.18. The normalized spacial score (nSPS) is 17.3. The van der Waals surface area contributed by atoms with Gasteiger partial charge in [0.15, 0.2) is 9.84 Å². The zero-order valence-corrected chi connectivity index (χ0v) is 17.2. The van der Waals surface area contributed by atoms with Crippen LogP contribution < -0.4 is 15.5 Å². The topological polar surface area (TPSA) is 108 Å². The number of nitrogens with zero attached hydrogens (tertiary/aromatic N) is 2. The minimum atomic E-state index is -3.67. The van der Waals surface area contributed by atoms with E-state index in [2.05, 4.69) is 15.6 Å². The molecule has 9 heteroatoms. The van der Waals surface area contributed by atoms with E-state index in [9.17, 15) is 18.0 Å². The van der Waals surface area contributed by atoms with Crippen LogP contribution in [0.2, 0.25) is 0 Å². The van der Waals surface area contributed by atoms with Gasteiger partial charge in [0.2, 0.25) is 5.91 Å². The highest BCUT2D eigenvalue weighted by Crippen LogP contribution is 2.35. The molecular formula is C20H24N4O4S. The molecule has 3 rings (SSSR count). The number of carbonyl (C=O) groups is 2. The van der Waals surface area contributed by atoms with E-state index in [0.717, 1.165) is 5.56 Å². The molecule has 8 nitrogen and oxygen atoms in total. The Kier molecular flexibility index (Phi) is 6.17. The SMILES string of the molecule is CCN1CC(CC(=O)NC)S(=O)(=O)c2ccc(C(=O)NCc3ccncc3)cc21. The van der Waals surface area contributed by atoms with E-state index in [4.69, 9.17) is 0 Å². The van der Waals surface area contributed by atoms with Gasteiger partial charge in [-0.15, -0.1) is 0 Å². The third-order valence-corrected chi connectivity index (χ3v) is 7.16. The lowest BCUT2D eigenvalue weighted by molar-refractivity contribution is -0.120. The van der Waals surface area contributed by atoms with Gasteiger partial charge in [0.05, 0.1) is 15.8 Å². The smallest absolute Gasteiger partial charge is 0.251 e. The van der Waals surface area contributed by atoms with Crippen LogP contribution >= 0.6 is 0 Å². The lowest BCUT2D eigenvalue weighted by atomic mass is 10.1. The summed E-state index contributed by atoms with van der Waals surface area (Å²) < 4.78 is 26.0. The van der Waals surface area contributed by atoms with Crippen molar-refractivity contribution in [1.29, 1.82) is 0 Å². The number of nitrogens with one attached hydrogen (secondary N) is 2. The molecule has 2 N–H and O–H groups in total. The Hall–Kier alpha value is -2.94. The van der Waals surface area contributed by atoms with Crippen molar-refractivity contribution in [2.45, 2.75) is 30.0 Å². The molecule has 1 aliphatic rings. The van der Waals surface area contributed by atoms with Gasteiger partial charge in [0.1, 0.15) is 0 Å². The van der Waals surface area contributed by atoms with Gasteiger partial charge in [-0.2, -0.15) is 0 Å². The van der Waals surface area contributed by atoms with Crippen molar-refractivity contribution < 1.29 is 18.0 Å². The van der Waals surface area contributed by atoms with Crippen LogP contribution in [0.15, 0.2) is 47.6 Å². The quantitative estimate of drug-likeness (QED) is 0.731. The molecule has 1 atom stereocenters. The second kappa shape index (κ2) is 8.60. The van der Waals surface area contributed by atoms with E-state index in [0.29, 0.717) is 24.3 Å². The van der Waals surface area contributed by atoms with Crippen molar-refractivity contribution >= 4 is 27.3 Å². The Morgan fingerprint density at radius 2 is 1.93 bits per heavy atom. The van der Waals surface area contributed by atoms with E-state index in [1.807, 2.05) is 24.0 Å². The number of benzene rings is 1. The van der Waals surface area contributed by atoms with Gasteiger partial charge < -0.3 is 15.5 Å². The molecule has 29 heavy (non-hydrogen) atoms. The molecule has 2 amide bonds. The number of hydrogen-bond donors (Lipinski definition) is 2. The Bertz CT molecular complexity index is 1010. The van der Waals surface area contributed by atoms with Gasteiger partial charge in [-0.05, 0) is 42.8 Å². The number of carbonyl (C=O) groups excluding carboxylic acids is 2. The van der Waals surface area contributed by atoms with Gasteiger partial charge in [-0.1, -0.05) is 0 Å². The second-order valence-electron chi connectivity index (χ2n) is 6.80. The molecule has 154 valence electrons. The summed E-state index contributed by atoms with van der Waals surface area (Å²) >= 11 is 0. The first kappa shape index (κ1) is 20.8. The molecule has 0 aliphatic carbocycles. The molecule has 1 aliphatic heterocycles. The highest BCUT2D eigenvalue weighted by Gasteiger charge is 2.38. The number of anilines is 1. The van der Waals surface area contributed by atoms with E-state index in [1.165, 1.54) is 19.2 Å². The molecular weight excluding hydrogens is 392 g/mol. The molecule has 2 aromatic rings. The number of sulfone groups is 1. The van der Waals surface area contributed by atoms with Crippen LogP contribution in [0, 0.1) is 0 Å². The van der Waals surface area contributed by atoms with Crippen LogP contribution in [0.5, 0.6) is 0 Å². The fourth-order valence-electron chi connectivity index (χ4n) is 3.34. The zero-order chi connectivity index (χ0) is 21.0. The molecule has 0 radical (unpaired) electrons. The lowest BCUT2D eigenvalue weighted by Gasteiger charge is -2.35. The summed E-state index contributed by atoms with van der Waals surface area (Å²) in [5.74, 6) is -0.601. The highest BCUT2D eigenvalue weighted by molar-refractivity contribution is 7.92. The summed E-state index contributed by atoms with van der Waals surface area (Å²) in [5, 5.41) is 4.49. The lowest BCUT2D eigenvalue weighted by Crippen LogP contribution is -2.44. The third-order valence-electron chi connectivity index (χ3n) is 5.01.